The summed E-state index contributed by atoms with van der Waals surface area (Å²) in [4.78, 5) is 24.1. The third kappa shape index (κ3) is 2.76. The van der Waals surface area contributed by atoms with Gasteiger partial charge in [0.1, 0.15) is 6.10 Å². The number of aliphatic hydroxyl groups is 1. The van der Waals surface area contributed by atoms with Crippen molar-refractivity contribution in [2.75, 3.05) is 6.54 Å². The van der Waals surface area contributed by atoms with Gasteiger partial charge in [-0.15, -0.1) is 0 Å². The molecule has 4 heteroatoms. The zero-order valence-corrected chi connectivity index (χ0v) is 10.1. The van der Waals surface area contributed by atoms with Crippen molar-refractivity contribution in [2.24, 2.45) is 0 Å². The van der Waals surface area contributed by atoms with Crippen molar-refractivity contribution in [3.8, 4) is 0 Å². The smallest absolute Gasteiger partial charge is 0.252 e. The highest BCUT2D eigenvalue weighted by molar-refractivity contribution is 5.84. The lowest BCUT2D eigenvalue weighted by molar-refractivity contribution is -0.139. The van der Waals surface area contributed by atoms with E-state index in [0.717, 1.165) is 12.0 Å². The Bertz CT molecular complexity index is 418. The number of amides is 1. The minimum atomic E-state index is -1.08. The van der Waals surface area contributed by atoms with E-state index in [1.54, 1.807) is 0 Å². The molecule has 1 heterocycles. The predicted octanol–water partition coefficient (Wildman–Crippen LogP) is 0.691. The SMILES string of the molecule is O=[C][C@@H]1CCCN1C(=O)C(O)Cc1ccccc1. The van der Waals surface area contributed by atoms with Crippen molar-refractivity contribution in [1.82, 2.24) is 4.90 Å². The number of hydrogen-bond acceptors (Lipinski definition) is 3. The molecule has 2 rings (SSSR count). The number of carbonyl (C=O) groups excluding carboxylic acids is 2. The Hall–Kier alpha value is -1.68. The first kappa shape index (κ1) is 12.8. The minimum absolute atomic E-state index is 0.280. The van der Waals surface area contributed by atoms with Gasteiger partial charge in [-0.2, -0.15) is 0 Å². The summed E-state index contributed by atoms with van der Waals surface area (Å²) in [5.41, 5.74) is 0.907. The van der Waals surface area contributed by atoms with Crippen molar-refractivity contribution in [1.29, 1.82) is 0 Å². The van der Waals surface area contributed by atoms with E-state index in [1.165, 1.54) is 4.90 Å². The Labute approximate surface area is 106 Å². The minimum Gasteiger partial charge on any atom is -0.383 e. The van der Waals surface area contributed by atoms with Gasteiger partial charge >= 0.3 is 0 Å². The second-order valence-corrected chi connectivity index (χ2v) is 4.51. The normalized spacial score (nSPS) is 20.7. The van der Waals surface area contributed by atoms with Crippen LogP contribution in [0.1, 0.15) is 18.4 Å². The molecule has 0 aliphatic carbocycles. The average molecular weight is 246 g/mol. The first-order valence-corrected chi connectivity index (χ1v) is 6.12. The summed E-state index contributed by atoms with van der Waals surface area (Å²) in [6, 6.07) is 8.86. The summed E-state index contributed by atoms with van der Waals surface area (Å²) in [5, 5.41) is 9.92. The highest BCUT2D eigenvalue weighted by Crippen LogP contribution is 2.17. The molecule has 1 amide bonds. The van der Waals surface area contributed by atoms with Crippen molar-refractivity contribution >= 4 is 12.2 Å². The van der Waals surface area contributed by atoms with Crippen LogP contribution in [-0.2, 0) is 16.0 Å². The number of rotatable bonds is 4. The molecular formula is C14H16NO3. The van der Waals surface area contributed by atoms with Crippen LogP contribution in [0.15, 0.2) is 30.3 Å². The lowest BCUT2D eigenvalue weighted by Crippen LogP contribution is -2.43. The van der Waals surface area contributed by atoms with E-state index in [4.69, 9.17) is 0 Å². The summed E-state index contributed by atoms with van der Waals surface area (Å²) >= 11 is 0. The van der Waals surface area contributed by atoms with Crippen LogP contribution in [0.5, 0.6) is 0 Å². The highest BCUT2D eigenvalue weighted by Gasteiger charge is 2.32. The first-order chi connectivity index (χ1) is 8.72. The summed E-state index contributed by atoms with van der Waals surface area (Å²) < 4.78 is 0. The van der Waals surface area contributed by atoms with Crippen molar-refractivity contribution < 1.29 is 14.7 Å². The van der Waals surface area contributed by atoms with Gasteiger partial charge in [0.25, 0.3) is 5.91 Å². The number of aliphatic hydroxyl groups excluding tert-OH is 1. The summed E-state index contributed by atoms with van der Waals surface area (Å²) in [7, 11) is 0. The Morgan fingerprint density at radius 3 is 2.83 bits per heavy atom. The van der Waals surface area contributed by atoms with E-state index in [2.05, 4.69) is 0 Å². The summed E-state index contributed by atoms with van der Waals surface area (Å²) in [6.07, 6.45) is 2.50. The Morgan fingerprint density at radius 1 is 1.44 bits per heavy atom. The van der Waals surface area contributed by atoms with E-state index >= 15 is 0 Å². The van der Waals surface area contributed by atoms with E-state index in [0.29, 0.717) is 13.0 Å². The maximum atomic E-state index is 12.0. The van der Waals surface area contributed by atoms with Crippen LogP contribution in [0.25, 0.3) is 0 Å². The molecule has 0 spiro atoms. The second kappa shape index (κ2) is 5.78. The number of benzene rings is 1. The van der Waals surface area contributed by atoms with Crippen molar-refractivity contribution in [2.45, 2.75) is 31.4 Å². The fourth-order valence-electron chi connectivity index (χ4n) is 2.27. The third-order valence-corrected chi connectivity index (χ3v) is 3.23. The van der Waals surface area contributed by atoms with Crippen LogP contribution in [0.2, 0.25) is 0 Å². The summed E-state index contributed by atoms with van der Waals surface area (Å²) in [5.74, 6) is -0.371. The van der Waals surface area contributed by atoms with Gasteiger partial charge in [0.2, 0.25) is 6.29 Å². The van der Waals surface area contributed by atoms with Gasteiger partial charge in [-0.3, -0.25) is 9.59 Å². The highest BCUT2D eigenvalue weighted by atomic mass is 16.3. The van der Waals surface area contributed by atoms with Gasteiger partial charge in [-0.05, 0) is 18.4 Å². The molecule has 4 nitrogen and oxygen atoms in total. The van der Waals surface area contributed by atoms with E-state index < -0.39 is 12.1 Å². The van der Waals surface area contributed by atoms with Crippen LogP contribution in [0, 0.1) is 0 Å². The zero-order chi connectivity index (χ0) is 13.0. The van der Waals surface area contributed by atoms with Crippen LogP contribution >= 0.6 is 0 Å². The number of nitrogens with zero attached hydrogens (tertiary/aromatic N) is 1. The van der Waals surface area contributed by atoms with E-state index in [1.807, 2.05) is 36.6 Å². The van der Waals surface area contributed by atoms with Crippen LogP contribution in [0.4, 0.5) is 0 Å². The van der Waals surface area contributed by atoms with Crippen molar-refractivity contribution in [3.05, 3.63) is 35.9 Å². The molecule has 1 aliphatic rings. The van der Waals surface area contributed by atoms with Gasteiger partial charge in [-0.1, -0.05) is 30.3 Å². The topological polar surface area (TPSA) is 57.6 Å². The molecule has 18 heavy (non-hydrogen) atoms. The fraction of sp³-hybridized carbons (Fsp3) is 0.429. The molecule has 1 radical (unpaired) electrons. The maximum Gasteiger partial charge on any atom is 0.252 e. The third-order valence-electron chi connectivity index (χ3n) is 3.23. The second-order valence-electron chi connectivity index (χ2n) is 4.51. The molecule has 1 aliphatic heterocycles. The Morgan fingerprint density at radius 2 is 2.17 bits per heavy atom. The molecular weight excluding hydrogens is 230 g/mol. The standard InChI is InChI=1S/C14H16NO3/c16-10-12-7-4-8-15(12)14(18)13(17)9-11-5-2-1-3-6-11/h1-3,5-6,12-13,17H,4,7-9H2/t12-,13?/m0/s1. The molecule has 0 saturated carbocycles. The molecule has 1 saturated heterocycles. The Kier molecular flexibility index (Phi) is 4.10. The van der Waals surface area contributed by atoms with Crippen LogP contribution in [0.3, 0.4) is 0 Å². The van der Waals surface area contributed by atoms with Gasteiger partial charge in [0, 0.05) is 13.0 Å². The number of hydrogen-bond donors (Lipinski definition) is 1. The Balaban J connectivity index is 1.98. The largest absolute Gasteiger partial charge is 0.383 e. The van der Waals surface area contributed by atoms with Gasteiger partial charge < -0.3 is 10.0 Å². The van der Waals surface area contributed by atoms with Gasteiger partial charge in [0.05, 0.1) is 6.04 Å². The molecule has 2 atom stereocenters. The first-order valence-electron chi connectivity index (χ1n) is 6.12. The molecule has 1 aromatic rings. The molecule has 1 fully saturated rings. The molecule has 0 bridgehead atoms. The lowest BCUT2D eigenvalue weighted by atomic mass is 10.1. The zero-order valence-electron chi connectivity index (χ0n) is 10.1. The average Bonchev–Trinajstić information content (AvgIpc) is 2.87. The quantitative estimate of drug-likeness (QED) is 0.850. The van der Waals surface area contributed by atoms with Gasteiger partial charge in [-0.25, -0.2) is 0 Å². The van der Waals surface area contributed by atoms with Crippen LogP contribution in [-0.4, -0.2) is 40.9 Å². The lowest BCUT2D eigenvalue weighted by Gasteiger charge is -2.23. The van der Waals surface area contributed by atoms with Crippen LogP contribution < -0.4 is 0 Å². The predicted molar refractivity (Wildman–Crippen MR) is 66.6 cm³/mol. The molecule has 95 valence electrons. The van der Waals surface area contributed by atoms with E-state index in [9.17, 15) is 14.7 Å². The number of carbonyl (C=O) groups is 1. The molecule has 1 N–H and O–H groups in total. The van der Waals surface area contributed by atoms with Crippen molar-refractivity contribution in [3.63, 3.8) is 0 Å². The summed E-state index contributed by atoms with van der Waals surface area (Å²) in [6.45, 7) is 0.532. The maximum absolute atomic E-state index is 12.0. The van der Waals surface area contributed by atoms with Gasteiger partial charge in [0.15, 0.2) is 0 Å². The monoisotopic (exact) mass is 246 g/mol. The number of likely N-dealkylation sites (tertiary alicyclic amines) is 1. The molecule has 1 aromatic carbocycles. The fourth-order valence-corrected chi connectivity index (χ4v) is 2.27. The van der Waals surface area contributed by atoms with E-state index in [-0.39, 0.29) is 12.3 Å². The molecule has 0 aromatic heterocycles. The molecule has 1 unspecified atom stereocenters.